The summed E-state index contributed by atoms with van der Waals surface area (Å²) in [6.07, 6.45) is 1.52. The van der Waals surface area contributed by atoms with Gasteiger partial charge in [-0.2, -0.15) is 0 Å². The molecule has 0 aliphatic heterocycles. The third-order valence-electron chi connectivity index (χ3n) is 1.79. The summed E-state index contributed by atoms with van der Waals surface area (Å²) in [5.41, 5.74) is 6.34. The van der Waals surface area contributed by atoms with Crippen LogP contribution in [0.2, 0.25) is 0 Å². The van der Waals surface area contributed by atoms with E-state index in [4.69, 9.17) is 15.9 Å². The van der Waals surface area contributed by atoms with Gasteiger partial charge in [0.25, 0.3) is 0 Å². The van der Waals surface area contributed by atoms with E-state index in [0.29, 0.717) is 6.42 Å². The summed E-state index contributed by atoms with van der Waals surface area (Å²) < 4.78 is 5.43. The monoisotopic (exact) mass is 228 g/mol. The minimum absolute atomic E-state index is 0. The normalized spacial score (nSPS) is 9.13. The predicted octanol–water partition coefficient (Wildman–Crippen LogP) is 2.38. The van der Waals surface area contributed by atoms with Crippen LogP contribution in [0.25, 0.3) is 0 Å². The van der Waals surface area contributed by atoms with Crippen LogP contribution in [0.15, 0.2) is 24.3 Å². The van der Waals surface area contributed by atoms with Crippen LogP contribution in [0.3, 0.4) is 0 Å². The van der Waals surface area contributed by atoms with Gasteiger partial charge in [0.05, 0.1) is 12.4 Å². The zero-order valence-electron chi connectivity index (χ0n) is 8.82. The van der Waals surface area contributed by atoms with E-state index in [2.05, 4.69) is 6.92 Å². The second-order valence-electron chi connectivity index (χ2n) is 3.19. The zero-order chi connectivity index (χ0) is 10.4. The molecule has 0 unspecified atom stereocenters. The minimum Gasteiger partial charge on any atom is -0.494 e. The first kappa shape index (κ1) is 13.8. The molecule has 0 fully saturated rings. The first-order valence-corrected chi connectivity index (χ1v) is 4.77. The quantitative estimate of drug-likeness (QED) is 0.601. The smallest absolute Gasteiger partial charge is 0.119 e. The highest BCUT2D eigenvalue weighted by molar-refractivity contribution is 5.85. The molecule has 3 N–H and O–H groups in total. The van der Waals surface area contributed by atoms with Crippen LogP contribution in [0, 0.1) is 5.41 Å². The zero-order valence-corrected chi connectivity index (χ0v) is 9.64. The largest absolute Gasteiger partial charge is 0.494 e. The Balaban J connectivity index is 0.00000196. The number of nitrogens with one attached hydrogen (secondary N) is 1. The number of amidine groups is 1. The molecule has 1 aromatic rings. The number of hydrogen-bond donors (Lipinski definition) is 2. The molecular formula is C11H17ClN2O. The Kier molecular flexibility index (Phi) is 6.54. The Morgan fingerprint density at radius 3 is 2.40 bits per heavy atom. The lowest BCUT2D eigenvalue weighted by Crippen LogP contribution is -2.12. The maximum Gasteiger partial charge on any atom is 0.119 e. The van der Waals surface area contributed by atoms with E-state index < -0.39 is 0 Å². The molecule has 0 aliphatic rings. The molecule has 0 saturated carbocycles. The first-order chi connectivity index (χ1) is 6.72. The average molecular weight is 229 g/mol. The molecule has 0 radical (unpaired) electrons. The molecule has 0 bridgehead atoms. The molecule has 1 rings (SSSR count). The number of halogens is 1. The molecule has 0 saturated heterocycles. The van der Waals surface area contributed by atoms with Crippen LogP contribution in [-0.2, 0) is 6.42 Å². The molecule has 0 heterocycles. The summed E-state index contributed by atoms with van der Waals surface area (Å²) in [6, 6.07) is 7.70. The van der Waals surface area contributed by atoms with Crippen LogP contribution in [0.4, 0.5) is 0 Å². The van der Waals surface area contributed by atoms with Crippen molar-refractivity contribution in [2.24, 2.45) is 5.73 Å². The van der Waals surface area contributed by atoms with E-state index in [1.54, 1.807) is 0 Å². The van der Waals surface area contributed by atoms with Gasteiger partial charge in [-0.05, 0) is 24.1 Å². The fourth-order valence-electron chi connectivity index (χ4n) is 1.14. The Morgan fingerprint density at radius 2 is 1.93 bits per heavy atom. The fourth-order valence-corrected chi connectivity index (χ4v) is 1.14. The van der Waals surface area contributed by atoms with Crippen LogP contribution in [0.5, 0.6) is 5.75 Å². The van der Waals surface area contributed by atoms with E-state index in [0.717, 1.165) is 24.3 Å². The van der Waals surface area contributed by atoms with Crippen molar-refractivity contribution in [1.82, 2.24) is 0 Å². The van der Waals surface area contributed by atoms with Crippen LogP contribution in [-0.4, -0.2) is 12.4 Å². The van der Waals surface area contributed by atoms with E-state index in [9.17, 15) is 0 Å². The van der Waals surface area contributed by atoms with Gasteiger partial charge in [-0.1, -0.05) is 19.1 Å². The molecule has 0 atom stereocenters. The highest BCUT2D eigenvalue weighted by atomic mass is 35.5. The van der Waals surface area contributed by atoms with Crippen LogP contribution in [0.1, 0.15) is 18.9 Å². The molecule has 1 aromatic carbocycles. The number of nitrogens with two attached hydrogens (primary N) is 1. The lowest BCUT2D eigenvalue weighted by atomic mass is 10.1. The van der Waals surface area contributed by atoms with Crippen molar-refractivity contribution < 1.29 is 4.74 Å². The Bertz CT molecular complexity index is 298. The van der Waals surface area contributed by atoms with Gasteiger partial charge in [-0.3, -0.25) is 5.41 Å². The molecule has 84 valence electrons. The van der Waals surface area contributed by atoms with Crippen molar-refractivity contribution in [2.75, 3.05) is 6.61 Å². The third kappa shape index (κ3) is 5.27. The Labute approximate surface area is 96.5 Å². The first-order valence-electron chi connectivity index (χ1n) is 4.77. The van der Waals surface area contributed by atoms with Crippen molar-refractivity contribution >= 4 is 18.2 Å². The van der Waals surface area contributed by atoms with Crippen molar-refractivity contribution in [1.29, 1.82) is 5.41 Å². The molecule has 3 nitrogen and oxygen atoms in total. The summed E-state index contributed by atoms with van der Waals surface area (Å²) in [7, 11) is 0. The van der Waals surface area contributed by atoms with Crippen molar-refractivity contribution in [2.45, 2.75) is 19.8 Å². The molecule has 15 heavy (non-hydrogen) atoms. The Morgan fingerprint density at radius 1 is 1.33 bits per heavy atom. The van der Waals surface area contributed by atoms with Crippen LogP contribution < -0.4 is 10.5 Å². The van der Waals surface area contributed by atoms with E-state index in [1.165, 1.54) is 0 Å². The van der Waals surface area contributed by atoms with E-state index in [-0.39, 0.29) is 18.2 Å². The summed E-state index contributed by atoms with van der Waals surface area (Å²) >= 11 is 0. The summed E-state index contributed by atoms with van der Waals surface area (Å²) in [4.78, 5) is 0. The maximum atomic E-state index is 7.14. The number of hydrogen-bond acceptors (Lipinski definition) is 2. The van der Waals surface area contributed by atoms with E-state index >= 15 is 0 Å². The van der Waals surface area contributed by atoms with Crippen molar-refractivity contribution in [3.8, 4) is 5.75 Å². The Hall–Kier alpha value is -1.22. The molecule has 0 aromatic heterocycles. The second-order valence-corrected chi connectivity index (χ2v) is 3.19. The lowest BCUT2D eigenvalue weighted by Gasteiger charge is -2.05. The number of rotatable bonds is 5. The third-order valence-corrected chi connectivity index (χ3v) is 1.79. The maximum absolute atomic E-state index is 7.14. The lowest BCUT2D eigenvalue weighted by molar-refractivity contribution is 0.317. The highest BCUT2D eigenvalue weighted by Gasteiger charge is 1.96. The SMILES string of the molecule is CCCOc1ccc(CC(=N)N)cc1.Cl. The van der Waals surface area contributed by atoms with Gasteiger partial charge in [-0.15, -0.1) is 12.4 Å². The number of benzene rings is 1. The second kappa shape index (κ2) is 7.12. The molecule has 0 spiro atoms. The number of ether oxygens (including phenoxy) is 1. The fraction of sp³-hybridized carbons (Fsp3) is 0.364. The topological polar surface area (TPSA) is 59.1 Å². The minimum atomic E-state index is 0. The molecule has 4 heteroatoms. The van der Waals surface area contributed by atoms with Gasteiger partial charge in [-0.25, -0.2) is 0 Å². The summed E-state index contributed by atoms with van der Waals surface area (Å²) in [5.74, 6) is 1.06. The van der Waals surface area contributed by atoms with Gasteiger partial charge in [0.1, 0.15) is 5.75 Å². The van der Waals surface area contributed by atoms with Gasteiger partial charge >= 0.3 is 0 Å². The van der Waals surface area contributed by atoms with Crippen molar-refractivity contribution in [3.05, 3.63) is 29.8 Å². The van der Waals surface area contributed by atoms with Gasteiger partial charge in [0.2, 0.25) is 0 Å². The standard InChI is InChI=1S/C11H16N2O.ClH/c1-2-7-14-10-5-3-9(4-6-10)8-11(12)13;/h3-6H,2,7-8H2,1H3,(H3,12,13);1H. The van der Waals surface area contributed by atoms with Crippen molar-refractivity contribution in [3.63, 3.8) is 0 Å². The summed E-state index contributed by atoms with van der Waals surface area (Å²) in [6.45, 7) is 2.82. The highest BCUT2D eigenvalue weighted by Crippen LogP contribution is 2.12. The van der Waals surface area contributed by atoms with Gasteiger partial charge in [0, 0.05) is 6.42 Å². The molecule has 0 aliphatic carbocycles. The predicted molar refractivity (Wildman–Crippen MR) is 65.1 cm³/mol. The van der Waals surface area contributed by atoms with E-state index in [1.807, 2.05) is 24.3 Å². The summed E-state index contributed by atoms with van der Waals surface area (Å²) in [5, 5.41) is 7.14. The van der Waals surface area contributed by atoms with Gasteiger partial charge < -0.3 is 10.5 Å². The average Bonchev–Trinajstić information content (AvgIpc) is 2.16. The van der Waals surface area contributed by atoms with Crippen LogP contribution >= 0.6 is 12.4 Å². The molecular weight excluding hydrogens is 212 g/mol. The molecule has 0 amide bonds. The van der Waals surface area contributed by atoms with Gasteiger partial charge in [0.15, 0.2) is 0 Å².